The van der Waals surface area contributed by atoms with Gasteiger partial charge < -0.3 is 18.9 Å². The fourth-order valence-corrected chi connectivity index (χ4v) is 4.47. The predicted molar refractivity (Wildman–Crippen MR) is 128 cm³/mol. The zero-order valence-corrected chi connectivity index (χ0v) is 20.0. The van der Waals surface area contributed by atoms with Gasteiger partial charge in [-0.3, -0.25) is 9.59 Å². The first-order valence-electron chi connectivity index (χ1n) is 10.7. The number of hydrogen-bond donors (Lipinski definition) is 0. The summed E-state index contributed by atoms with van der Waals surface area (Å²) in [5, 5.41) is 0. The molecule has 0 spiro atoms. The number of nitrogens with zero attached hydrogens (tertiary/aromatic N) is 3. The summed E-state index contributed by atoms with van der Waals surface area (Å²) in [4.78, 5) is 43.8. The zero-order valence-electron chi connectivity index (χ0n) is 19.2. The number of carbonyl (C=O) groups excluding carboxylic acids is 3. The highest BCUT2D eigenvalue weighted by Gasteiger charge is 2.15. The molecule has 9 heteroatoms. The lowest BCUT2D eigenvalue weighted by Gasteiger charge is -2.20. The number of esters is 2. The monoisotopic (exact) mass is 469 g/mol. The normalized spacial score (nSPS) is 11.5. The van der Waals surface area contributed by atoms with Gasteiger partial charge in [-0.1, -0.05) is 11.3 Å². The Morgan fingerprint density at radius 1 is 1.00 bits per heavy atom. The Kier molecular flexibility index (Phi) is 8.00. The van der Waals surface area contributed by atoms with E-state index in [1.165, 1.54) is 18.4 Å². The van der Waals surface area contributed by atoms with Crippen LogP contribution < -0.4 is 9.70 Å². The van der Waals surface area contributed by atoms with Crippen LogP contribution in [0.3, 0.4) is 0 Å². The number of aromatic nitrogens is 1. The molecule has 0 N–H and O–H groups in total. The minimum atomic E-state index is -0.471. The molecule has 2 aromatic carbocycles. The van der Waals surface area contributed by atoms with Crippen LogP contribution in [0.2, 0.25) is 0 Å². The number of fused-ring (bicyclic) bond motifs is 1. The third-order valence-electron chi connectivity index (χ3n) is 5.15. The molecule has 8 nitrogen and oxygen atoms in total. The van der Waals surface area contributed by atoms with Gasteiger partial charge in [-0.05, 0) is 63.2 Å². The van der Waals surface area contributed by atoms with Crippen LogP contribution in [0.1, 0.15) is 41.5 Å². The van der Waals surface area contributed by atoms with Crippen molar-refractivity contribution in [2.75, 3.05) is 31.7 Å². The van der Waals surface area contributed by atoms with E-state index in [-0.39, 0.29) is 13.2 Å². The highest BCUT2D eigenvalue weighted by atomic mass is 32.1. The highest BCUT2D eigenvalue weighted by molar-refractivity contribution is 7.16. The van der Waals surface area contributed by atoms with Gasteiger partial charge in [0.25, 0.3) is 5.91 Å². The Bertz CT molecular complexity index is 1220. The maximum atomic E-state index is 12.9. The molecule has 0 aliphatic heterocycles. The molecule has 0 atom stereocenters. The van der Waals surface area contributed by atoms with Gasteiger partial charge in [-0.2, -0.15) is 4.99 Å². The van der Waals surface area contributed by atoms with Crippen LogP contribution >= 0.6 is 11.3 Å². The molecular formula is C24H27N3O5S. The molecule has 1 amide bonds. The van der Waals surface area contributed by atoms with Crippen LogP contribution in [0, 0.1) is 0 Å². The van der Waals surface area contributed by atoms with Crippen molar-refractivity contribution in [2.24, 2.45) is 4.99 Å². The number of anilines is 1. The average Bonchev–Trinajstić information content (AvgIpc) is 3.16. The van der Waals surface area contributed by atoms with Gasteiger partial charge in [0.05, 0.1) is 29.5 Å². The predicted octanol–water partition coefficient (Wildman–Crippen LogP) is 3.64. The Balaban J connectivity index is 2.03. The molecule has 3 rings (SSSR count). The van der Waals surface area contributed by atoms with Gasteiger partial charge in [-0.15, -0.1) is 0 Å². The summed E-state index contributed by atoms with van der Waals surface area (Å²) >= 11 is 1.22. The molecule has 0 bridgehead atoms. The number of ether oxygens (including phenoxy) is 2. The van der Waals surface area contributed by atoms with Gasteiger partial charge in [0.2, 0.25) is 0 Å². The second kappa shape index (κ2) is 10.9. The van der Waals surface area contributed by atoms with Crippen molar-refractivity contribution in [3.63, 3.8) is 0 Å². The van der Waals surface area contributed by atoms with E-state index in [2.05, 4.69) is 23.7 Å². The smallest absolute Gasteiger partial charge is 0.338 e. The lowest BCUT2D eigenvalue weighted by Crippen LogP contribution is -2.22. The summed E-state index contributed by atoms with van der Waals surface area (Å²) in [6.07, 6.45) is 0. The van der Waals surface area contributed by atoms with Crippen molar-refractivity contribution in [3.8, 4) is 0 Å². The molecule has 174 valence electrons. The topological polar surface area (TPSA) is 90.2 Å². The first-order chi connectivity index (χ1) is 15.9. The largest absolute Gasteiger partial charge is 0.468 e. The maximum absolute atomic E-state index is 12.9. The van der Waals surface area contributed by atoms with E-state index in [1.807, 2.05) is 12.1 Å². The van der Waals surface area contributed by atoms with Crippen molar-refractivity contribution in [2.45, 2.75) is 27.3 Å². The van der Waals surface area contributed by atoms with E-state index in [4.69, 9.17) is 9.47 Å². The molecule has 0 saturated carbocycles. The molecule has 0 saturated heterocycles. The average molecular weight is 470 g/mol. The zero-order chi connectivity index (χ0) is 24.0. The SMILES string of the molecule is CCOC(=O)c1ccc2c(c1)sc(=NC(=O)c1ccc(N(CC)CC)cc1)n2CC(=O)OC. The first-order valence-corrected chi connectivity index (χ1v) is 11.5. The van der Waals surface area contributed by atoms with Crippen molar-refractivity contribution in [3.05, 3.63) is 58.4 Å². The van der Waals surface area contributed by atoms with Crippen LogP contribution in [0.4, 0.5) is 5.69 Å². The maximum Gasteiger partial charge on any atom is 0.338 e. The molecule has 0 aliphatic carbocycles. The van der Waals surface area contributed by atoms with E-state index in [0.717, 1.165) is 18.8 Å². The Labute approximate surface area is 196 Å². The summed E-state index contributed by atoms with van der Waals surface area (Å²) in [6.45, 7) is 7.80. The summed E-state index contributed by atoms with van der Waals surface area (Å²) in [6, 6.07) is 12.3. The number of hydrogen-bond acceptors (Lipinski definition) is 7. The fourth-order valence-electron chi connectivity index (χ4n) is 3.40. The molecule has 33 heavy (non-hydrogen) atoms. The minimum absolute atomic E-state index is 0.109. The third kappa shape index (κ3) is 5.48. The van der Waals surface area contributed by atoms with Crippen molar-refractivity contribution in [1.29, 1.82) is 0 Å². The van der Waals surface area contributed by atoms with Gasteiger partial charge >= 0.3 is 11.9 Å². The lowest BCUT2D eigenvalue weighted by atomic mass is 10.2. The number of amides is 1. The standard InChI is InChI=1S/C24H27N3O5S/c1-5-26(6-2)18-11-8-16(9-12-18)22(29)25-24-27(15-21(28)31-4)19-13-10-17(14-20(19)33-24)23(30)32-7-3/h8-14H,5-7,15H2,1-4H3. The number of thiazole rings is 1. The van der Waals surface area contributed by atoms with E-state index in [9.17, 15) is 14.4 Å². The van der Waals surface area contributed by atoms with E-state index in [0.29, 0.717) is 26.1 Å². The molecule has 0 fully saturated rings. The third-order valence-corrected chi connectivity index (χ3v) is 6.19. The number of benzene rings is 2. The minimum Gasteiger partial charge on any atom is -0.468 e. The van der Waals surface area contributed by atoms with Crippen molar-refractivity contribution >= 4 is 45.1 Å². The number of rotatable bonds is 8. The van der Waals surface area contributed by atoms with Gasteiger partial charge in [-0.25, -0.2) is 4.79 Å². The van der Waals surface area contributed by atoms with Crippen molar-refractivity contribution < 1.29 is 23.9 Å². The van der Waals surface area contributed by atoms with Gasteiger partial charge in [0, 0.05) is 24.3 Å². The molecule has 0 radical (unpaired) electrons. The van der Waals surface area contributed by atoms with E-state index >= 15 is 0 Å². The molecule has 0 unspecified atom stereocenters. The second-order valence-corrected chi connectivity index (χ2v) is 8.10. The Morgan fingerprint density at radius 3 is 2.27 bits per heavy atom. The number of methoxy groups -OCH3 is 1. The Morgan fingerprint density at radius 2 is 1.67 bits per heavy atom. The van der Waals surface area contributed by atoms with E-state index < -0.39 is 17.8 Å². The summed E-state index contributed by atoms with van der Waals surface area (Å²) in [7, 11) is 1.30. The highest BCUT2D eigenvalue weighted by Crippen LogP contribution is 2.21. The van der Waals surface area contributed by atoms with Crippen LogP contribution in [0.5, 0.6) is 0 Å². The lowest BCUT2D eigenvalue weighted by molar-refractivity contribution is -0.141. The van der Waals surface area contributed by atoms with Crippen LogP contribution in [0.15, 0.2) is 47.5 Å². The summed E-state index contributed by atoms with van der Waals surface area (Å²) in [5.41, 5.74) is 2.54. The van der Waals surface area contributed by atoms with E-state index in [1.54, 1.807) is 41.8 Å². The van der Waals surface area contributed by atoms with Gasteiger partial charge in [0.1, 0.15) is 6.54 Å². The Hall–Kier alpha value is -3.46. The molecule has 1 heterocycles. The quantitative estimate of drug-likeness (QED) is 0.468. The summed E-state index contributed by atoms with van der Waals surface area (Å²) < 4.78 is 12.2. The molecular weight excluding hydrogens is 442 g/mol. The molecule has 0 aliphatic rings. The molecule has 3 aromatic rings. The first kappa shape index (κ1) is 24.2. The summed E-state index contributed by atoms with van der Waals surface area (Å²) in [5.74, 6) is -1.33. The van der Waals surface area contributed by atoms with Crippen LogP contribution in [-0.4, -0.2) is 49.2 Å². The second-order valence-electron chi connectivity index (χ2n) is 7.09. The number of carbonyl (C=O) groups is 3. The van der Waals surface area contributed by atoms with Crippen molar-refractivity contribution in [1.82, 2.24) is 4.57 Å². The van der Waals surface area contributed by atoms with Crippen LogP contribution in [0.25, 0.3) is 10.2 Å². The fraction of sp³-hybridized carbons (Fsp3) is 0.333. The molecule has 1 aromatic heterocycles. The van der Waals surface area contributed by atoms with Crippen LogP contribution in [-0.2, 0) is 20.8 Å². The van der Waals surface area contributed by atoms with Gasteiger partial charge in [0.15, 0.2) is 4.80 Å².